The van der Waals surface area contributed by atoms with Gasteiger partial charge in [-0.3, -0.25) is 0 Å². The summed E-state index contributed by atoms with van der Waals surface area (Å²) in [5.41, 5.74) is 16.0. The van der Waals surface area contributed by atoms with Crippen LogP contribution in [0.4, 0.5) is 22.7 Å². The molecule has 0 spiro atoms. The molecule has 9 aromatic rings. The first-order valence-corrected chi connectivity index (χ1v) is 25.4. The summed E-state index contributed by atoms with van der Waals surface area (Å²) < 4.78 is 11.6. The van der Waals surface area contributed by atoms with Gasteiger partial charge in [-0.2, -0.15) is 0 Å². The van der Waals surface area contributed by atoms with E-state index >= 15 is 0 Å². The third-order valence-electron chi connectivity index (χ3n) is 12.5. The second kappa shape index (κ2) is 17.0. The molecule has 0 bridgehead atoms. The normalized spacial score (nSPS) is 13.6. The van der Waals surface area contributed by atoms with Crippen molar-refractivity contribution in [1.29, 1.82) is 0 Å². The van der Waals surface area contributed by atoms with E-state index in [0.29, 0.717) is 11.5 Å². The molecule has 0 atom stereocenters. The average Bonchev–Trinajstić information content (AvgIpc) is 4.03. The van der Waals surface area contributed by atoms with Gasteiger partial charge in [0.25, 0.3) is 0 Å². The molecule has 0 radical (unpaired) electrons. The number of para-hydroxylation sites is 4. The molecular weight excluding hydrogens is 1090 g/mol. The van der Waals surface area contributed by atoms with Crippen molar-refractivity contribution < 1.29 is 25.8 Å². The topological polar surface area (TPSA) is 33.5 Å². The second-order valence-electron chi connectivity index (χ2n) is 18.9. The minimum Gasteiger partial charge on any atom is -0.493 e. The van der Waals surface area contributed by atoms with Crippen LogP contribution in [0.15, 0.2) is 158 Å². The standard InChI is InChI=1S/C58H49N4OTe.Pt/c1-57(2,3)40-30-41(60-37-61(53-27-16-15-26-52(53)60)56-44(38-18-9-7-10-19-38)23-17-24-45(56)39-20-11-8-12-21-39)32-43(31-40)63-42-28-29-47-46-22-13-14-25-51(46)62(54(47)33-42)55-34-49(58(4,5)6)48-35-64-36-50(48)59-55;/h7-31,34,37H,35-36H2,1-6H3;/q-3;. The summed E-state index contributed by atoms with van der Waals surface area (Å²) in [7, 11) is 0. The Bertz CT molecular complexity index is 3180. The average molecular weight is 1140 g/mol. The molecule has 2 aliphatic heterocycles. The number of ether oxygens (including phenoxy) is 1. The molecule has 2 aliphatic rings. The molecule has 0 amide bonds. The molecule has 2 aromatic heterocycles. The van der Waals surface area contributed by atoms with Crippen LogP contribution in [0.5, 0.6) is 11.5 Å². The Morgan fingerprint density at radius 3 is 1.92 bits per heavy atom. The molecule has 0 saturated carbocycles. The minimum atomic E-state index is -0.173. The van der Waals surface area contributed by atoms with E-state index in [1.54, 1.807) is 0 Å². The number of anilines is 4. The van der Waals surface area contributed by atoms with Crippen molar-refractivity contribution in [2.45, 2.75) is 61.3 Å². The monoisotopic (exact) mass is 1140 g/mol. The summed E-state index contributed by atoms with van der Waals surface area (Å²) >= 11 is -0.103. The van der Waals surface area contributed by atoms with Crippen molar-refractivity contribution in [2.75, 3.05) is 9.80 Å². The smallest absolute Gasteiger partial charge is 0.493 e. The molecule has 0 unspecified atom stereocenters. The van der Waals surface area contributed by atoms with Crippen LogP contribution < -0.4 is 14.5 Å². The van der Waals surface area contributed by atoms with Crippen LogP contribution in [0, 0.1) is 18.8 Å². The Balaban J connectivity index is 0.00000498. The summed E-state index contributed by atoms with van der Waals surface area (Å²) in [5, 5.41) is 2.30. The van der Waals surface area contributed by atoms with Crippen LogP contribution in [0.1, 0.15) is 63.9 Å². The third-order valence-corrected chi connectivity index (χ3v) is 15.3. The van der Waals surface area contributed by atoms with E-state index in [2.05, 4.69) is 226 Å². The minimum absolute atomic E-state index is 0. The van der Waals surface area contributed by atoms with Gasteiger partial charge in [0.1, 0.15) is 0 Å². The molecule has 65 heavy (non-hydrogen) atoms. The summed E-state index contributed by atoms with van der Waals surface area (Å²) in [4.78, 5) is 9.99. The van der Waals surface area contributed by atoms with E-state index < -0.39 is 0 Å². The molecule has 326 valence electrons. The molecular formula is C58H49N4OPtTe-3. The Labute approximate surface area is 407 Å². The number of fused-ring (bicyclic) bond motifs is 5. The van der Waals surface area contributed by atoms with Crippen LogP contribution in [-0.2, 0) is 40.8 Å². The van der Waals surface area contributed by atoms with E-state index in [9.17, 15) is 0 Å². The number of aromatic nitrogens is 2. The van der Waals surface area contributed by atoms with E-state index in [1.807, 2.05) is 6.07 Å². The van der Waals surface area contributed by atoms with Gasteiger partial charge in [-0.25, -0.2) is 0 Å². The number of hydrogen-bond donors (Lipinski definition) is 0. The molecule has 0 aliphatic carbocycles. The fourth-order valence-electron chi connectivity index (χ4n) is 9.35. The zero-order valence-corrected chi connectivity index (χ0v) is 42.0. The summed E-state index contributed by atoms with van der Waals surface area (Å²) in [6.45, 7) is 15.9. The molecule has 5 nitrogen and oxygen atoms in total. The van der Waals surface area contributed by atoms with E-state index in [0.717, 1.165) is 77.3 Å². The number of pyridine rings is 1. The Morgan fingerprint density at radius 1 is 0.600 bits per heavy atom. The third kappa shape index (κ3) is 7.88. The zero-order valence-electron chi connectivity index (χ0n) is 37.4. The maximum absolute atomic E-state index is 6.92. The van der Waals surface area contributed by atoms with Gasteiger partial charge in [-0.1, -0.05) is 112 Å². The molecule has 0 fully saturated rings. The number of benzene rings is 7. The van der Waals surface area contributed by atoms with Gasteiger partial charge in [0, 0.05) is 49.3 Å². The summed E-state index contributed by atoms with van der Waals surface area (Å²) in [6, 6.07) is 63.7. The van der Waals surface area contributed by atoms with Gasteiger partial charge < -0.3 is 9.80 Å². The summed E-state index contributed by atoms with van der Waals surface area (Å²) in [5.74, 6) is 2.22. The van der Waals surface area contributed by atoms with Crippen LogP contribution in [0.2, 0.25) is 0 Å². The summed E-state index contributed by atoms with van der Waals surface area (Å²) in [6.07, 6.45) is 0. The van der Waals surface area contributed by atoms with Gasteiger partial charge in [0.2, 0.25) is 0 Å². The predicted octanol–water partition coefficient (Wildman–Crippen LogP) is 14.6. The second-order valence-corrected chi connectivity index (χ2v) is 21.7. The Morgan fingerprint density at radius 2 is 1.25 bits per heavy atom. The van der Waals surface area contributed by atoms with E-state index in [1.165, 1.54) is 26.7 Å². The Kier molecular flexibility index (Phi) is 11.3. The van der Waals surface area contributed by atoms with Gasteiger partial charge in [-0.05, 0) is 28.7 Å². The molecule has 0 N–H and O–H groups in total. The van der Waals surface area contributed by atoms with Crippen molar-refractivity contribution in [1.82, 2.24) is 9.55 Å². The number of hydrogen-bond acceptors (Lipinski definition) is 4. The van der Waals surface area contributed by atoms with Gasteiger partial charge in [0.15, 0.2) is 0 Å². The fraction of sp³-hybridized carbons (Fsp3) is 0.172. The molecule has 7 heteroatoms. The van der Waals surface area contributed by atoms with Crippen molar-refractivity contribution in [2.24, 2.45) is 0 Å². The van der Waals surface area contributed by atoms with Crippen molar-refractivity contribution in [3.63, 3.8) is 0 Å². The predicted molar refractivity (Wildman–Crippen MR) is 266 cm³/mol. The zero-order chi connectivity index (χ0) is 43.7. The van der Waals surface area contributed by atoms with Gasteiger partial charge >= 0.3 is 198 Å². The van der Waals surface area contributed by atoms with Crippen molar-refractivity contribution in [3.05, 3.63) is 199 Å². The molecule has 7 aromatic carbocycles. The first-order chi connectivity index (χ1) is 31.0. The fourth-order valence-corrected chi connectivity index (χ4v) is 12.4. The van der Waals surface area contributed by atoms with Crippen molar-refractivity contribution in [3.8, 4) is 39.6 Å². The maximum atomic E-state index is 6.92. The van der Waals surface area contributed by atoms with Crippen LogP contribution >= 0.6 is 0 Å². The van der Waals surface area contributed by atoms with Crippen LogP contribution in [-0.4, -0.2) is 30.5 Å². The molecule has 11 rings (SSSR count). The number of rotatable bonds is 7. The SMILES string of the molecule is CC(C)(C)c1cc(Oc2[c-]c3c(cc2)c2ccccc2n3-c2cc(C(C)(C)C)c3c(n2)C[Te]C3)[c-]c(N2[CH-]N(c3c(-c4ccccc4)cccc3-c3ccccc3)c3ccccc32)c1.[Pt]. The first-order valence-electron chi connectivity index (χ1n) is 22.1. The molecule has 4 heterocycles. The van der Waals surface area contributed by atoms with Crippen LogP contribution in [0.3, 0.4) is 0 Å². The van der Waals surface area contributed by atoms with E-state index in [-0.39, 0.29) is 52.8 Å². The molecule has 0 saturated heterocycles. The van der Waals surface area contributed by atoms with Gasteiger partial charge in [-0.15, -0.1) is 12.7 Å². The quantitative estimate of drug-likeness (QED) is 0.118. The van der Waals surface area contributed by atoms with E-state index in [4.69, 9.17) is 9.72 Å². The van der Waals surface area contributed by atoms with Gasteiger partial charge in [0.05, 0.1) is 0 Å². The van der Waals surface area contributed by atoms with Crippen LogP contribution in [0.25, 0.3) is 49.9 Å². The Hall–Kier alpha value is -5.63. The number of nitrogens with zero attached hydrogens (tertiary/aromatic N) is 4. The first kappa shape index (κ1) is 43.3. The van der Waals surface area contributed by atoms with Crippen molar-refractivity contribution >= 4 is 65.5 Å².